The van der Waals surface area contributed by atoms with E-state index in [1.165, 1.54) is 0 Å². The van der Waals surface area contributed by atoms with E-state index in [0.29, 0.717) is 10.9 Å². The van der Waals surface area contributed by atoms with Gasteiger partial charge in [-0.3, -0.25) is 14.2 Å². The Morgan fingerprint density at radius 1 is 1.09 bits per heavy atom. The molecule has 6 heteroatoms. The summed E-state index contributed by atoms with van der Waals surface area (Å²) in [5.41, 5.74) is -0.281. The topological polar surface area (TPSA) is 75.2 Å². The zero-order valence-electron chi connectivity index (χ0n) is 12.4. The molecule has 0 atom stereocenters. The number of aromatic amines is 1. The molecule has 2 aromatic rings. The van der Waals surface area contributed by atoms with Crippen LogP contribution in [0.15, 0.2) is 33.9 Å². The molecule has 1 aromatic carbocycles. The number of benzene rings is 1. The van der Waals surface area contributed by atoms with Gasteiger partial charge in [0.05, 0.1) is 10.9 Å². The summed E-state index contributed by atoms with van der Waals surface area (Å²) in [6, 6.07) is 6.89. The molecule has 1 saturated heterocycles. The van der Waals surface area contributed by atoms with E-state index in [-0.39, 0.29) is 24.4 Å². The first kappa shape index (κ1) is 14.6. The molecule has 0 radical (unpaired) electrons. The van der Waals surface area contributed by atoms with Crippen LogP contribution in [0.25, 0.3) is 10.9 Å². The van der Waals surface area contributed by atoms with Crippen molar-refractivity contribution in [1.82, 2.24) is 14.5 Å². The van der Waals surface area contributed by atoms with Crippen molar-refractivity contribution >= 4 is 16.8 Å². The number of aromatic nitrogens is 2. The van der Waals surface area contributed by atoms with Crippen molar-refractivity contribution < 1.29 is 4.79 Å². The molecule has 0 aliphatic carbocycles. The number of likely N-dealkylation sites (tertiary alicyclic amines) is 1. The lowest BCUT2D eigenvalue weighted by Gasteiger charge is -2.26. The van der Waals surface area contributed by atoms with E-state index in [1.807, 2.05) is 4.90 Å². The average molecular weight is 301 g/mol. The van der Waals surface area contributed by atoms with Crippen LogP contribution in [-0.4, -0.2) is 33.4 Å². The Morgan fingerprint density at radius 2 is 1.82 bits per heavy atom. The molecule has 1 amide bonds. The van der Waals surface area contributed by atoms with Gasteiger partial charge in [-0.15, -0.1) is 0 Å². The van der Waals surface area contributed by atoms with E-state index in [1.54, 1.807) is 24.3 Å². The van der Waals surface area contributed by atoms with E-state index < -0.39 is 5.69 Å². The average Bonchev–Trinajstić information content (AvgIpc) is 2.55. The van der Waals surface area contributed by atoms with Crippen LogP contribution in [0.4, 0.5) is 0 Å². The molecule has 1 aliphatic rings. The molecule has 116 valence electrons. The first-order valence-corrected chi connectivity index (χ1v) is 7.66. The second-order valence-electron chi connectivity index (χ2n) is 5.62. The highest BCUT2D eigenvalue weighted by Crippen LogP contribution is 2.10. The molecular weight excluding hydrogens is 282 g/mol. The van der Waals surface area contributed by atoms with Crippen molar-refractivity contribution in [3.05, 3.63) is 45.1 Å². The molecule has 22 heavy (non-hydrogen) atoms. The fourth-order valence-electron chi connectivity index (χ4n) is 2.91. The molecule has 2 heterocycles. The third kappa shape index (κ3) is 2.81. The largest absolute Gasteiger partial charge is 0.343 e. The van der Waals surface area contributed by atoms with Crippen molar-refractivity contribution in [1.29, 1.82) is 0 Å². The number of fused-ring (bicyclic) bond motifs is 1. The number of piperidine rings is 1. The van der Waals surface area contributed by atoms with Crippen molar-refractivity contribution in [3.8, 4) is 0 Å². The number of amides is 1. The molecule has 0 spiro atoms. The summed E-state index contributed by atoms with van der Waals surface area (Å²) in [6.07, 6.45) is 3.40. The van der Waals surface area contributed by atoms with E-state index in [4.69, 9.17) is 0 Å². The van der Waals surface area contributed by atoms with Gasteiger partial charge in [-0.2, -0.15) is 0 Å². The molecule has 0 saturated carbocycles. The number of hydrogen-bond acceptors (Lipinski definition) is 3. The minimum absolute atomic E-state index is 0.0131. The molecule has 1 fully saturated rings. The minimum atomic E-state index is -0.463. The van der Waals surface area contributed by atoms with E-state index in [9.17, 15) is 14.4 Å². The summed E-state index contributed by atoms with van der Waals surface area (Å²) >= 11 is 0. The van der Waals surface area contributed by atoms with Crippen LogP contribution >= 0.6 is 0 Å². The summed E-state index contributed by atoms with van der Waals surface area (Å²) in [7, 11) is 0. The van der Waals surface area contributed by atoms with Gasteiger partial charge in [-0.25, -0.2) is 4.79 Å². The number of carbonyl (C=O) groups excluding carboxylic acids is 1. The molecule has 1 aliphatic heterocycles. The highest BCUT2D eigenvalue weighted by atomic mass is 16.2. The monoisotopic (exact) mass is 301 g/mol. The van der Waals surface area contributed by atoms with Gasteiger partial charge in [0.25, 0.3) is 5.56 Å². The van der Waals surface area contributed by atoms with Crippen molar-refractivity contribution in [2.75, 3.05) is 13.1 Å². The zero-order chi connectivity index (χ0) is 15.5. The smallest absolute Gasteiger partial charge is 0.328 e. The van der Waals surface area contributed by atoms with Gasteiger partial charge in [-0.1, -0.05) is 12.1 Å². The lowest BCUT2D eigenvalue weighted by Crippen LogP contribution is -2.39. The molecule has 6 nitrogen and oxygen atoms in total. The highest BCUT2D eigenvalue weighted by Gasteiger charge is 2.17. The Hall–Kier alpha value is -2.37. The van der Waals surface area contributed by atoms with Crippen molar-refractivity contribution in [2.24, 2.45) is 0 Å². The number of nitrogens with zero attached hydrogens (tertiary/aromatic N) is 2. The van der Waals surface area contributed by atoms with Crippen LogP contribution in [0.1, 0.15) is 25.7 Å². The Bertz CT molecular complexity index is 800. The van der Waals surface area contributed by atoms with Crippen LogP contribution in [0.3, 0.4) is 0 Å². The Labute approximate surface area is 127 Å². The molecule has 1 N–H and O–H groups in total. The molecule has 3 rings (SSSR count). The number of rotatable bonds is 3. The Morgan fingerprint density at radius 3 is 2.59 bits per heavy atom. The number of H-pyrrole nitrogens is 1. The van der Waals surface area contributed by atoms with Gasteiger partial charge >= 0.3 is 5.69 Å². The van der Waals surface area contributed by atoms with Crippen LogP contribution in [0.5, 0.6) is 0 Å². The van der Waals surface area contributed by atoms with E-state index in [0.717, 1.165) is 36.9 Å². The predicted molar refractivity (Wildman–Crippen MR) is 83.9 cm³/mol. The fourth-order valence-corrected chi connectivity index (χ4v) is 2.91. The summed E-state index contributed by atoms with van der Waals surface area (Å²) in [6.45, 7) is 1.68. The third-order valence-corrected chi connectivity index (χ3v) is 4.15. The van der Waals surface area contributed by atoms with E-state index in [2.05, 4.69) is 4.98 Å². The Balaban J connectivity index is 1.80. The lowest BCUT2D eigenvalue weighted by atomic mass is 10.1. The maximum atomic E-state index is 12.4. The van der Waals surface area contributed by atoms with Crippen molar-refractivity contribution in [3.63, 3.8) is 0 Å². The van der Waals surface area contributed by atoms with Gasteiger partial charge in [0, 0.05) is 26.1 Å². The normalized spacial score (nSPS) is 15.2. The van der Waals surface area contributed by atoms with Gasteiger partial charge in [0.1, 0.15) is 0 Å². The molecule has 0 bridgehead atoms. The van der Waals surface area contributed by atoms with Crippen LogP contribution in [0.2, 0.25) is 0 Å². The second kappa shape index (κ2) is 6.17. The SMILES string of the molecule is O=C(CCn1c(=O)[nH]c2ccccc2c1=O)N1CCCCC1. The number of hydrogen-bond donors (Lipinski definition) is 1. The van der Waals surface area contributed by atoms with Gasteiger partial charge < -0.3 is 9.88 Å². The number of carbonyl (C=O) groups is 1. The third-order valence-electron chi connectivity index (χ3n) is 4.15. The first-order valence-electron chi connectivity index (χ1n) is 7.66. The summed E-state index contributed by atoms with van der Waals surface area (Å²) in [4.78, 5) is 41.0. The predicted octanol–water partition coefficient (Wildman–Crippen LogP) is 1.09. The zero-order valence-corrected chi connectivity index (χ0v) is 12.4. The molecule has 0 unspecified atom stereocenters. The van der Waals surface area contributed by atoms with Crippen LogP contribution in [0, 0.1) is 0 Å². The van der Waals surface area contributed by atoms with Gasteiger partial charge in [0.2, 0.25) is 5.91 Å². The highest BCUT2D eigenvalue weighted by molar-refractivity contribution is 5.77. The lowest BCUT2D eigenvalue weighted by molar-refractivity contribution is -0.132. The van der Waals surface area contributed by atoms with Crippen LogP contribution in [-0.2, 0) is 11.3 Å². The van der Waals surface area contributed by atoms with Crippen molar-refractivity contribution in [2.45, 2.75) is 32.2 Å². The van der Waals surface area contributed by atoms with Gasteiger partial charge in [-0.05, 0) is 31.4 Å². The van der Waals surface area contributed by atoms with Gasteiger partial charge in [0.15, 0.2) is 0 Å². The summed E-state index contributed by atoms with van der Waals surface area (Å²) in [5.74, 6) is 0.0131. The quantitative estimate of drug-likeness (QED) is 0.922. The molecular formula is C16H19N3O3. The van der Waals surface area contributed by atoms with Crippen LogP contribution < -0.4 is 11.2 Å². The molecule has 1 aromatic heterocycles. The minimum Gasteiger partial charge on any atom is -0.343 e. The number of para-hydroxylation sites is 1. The second-order valence-corrected chi connectivity index (χ2v) is 5.62. The maximum Gasteiger partial charge on any atom is 0.328 e. The van der Waals surface area contributed by atoms with E-state index >= 15 is 0 Å². The fraction of sp³-hybridized carbons (Fsp3) is 0.438. The first-order chi connectivity index (χ1) is 10.7. The summed E-state index contributed by atoms with van der Waals surface area (Å²) < 4.78 is 1.12. The maximum absolute atomic E-state index is 12.4. The Kier molecular flexibility index (Phi) is 4.09. The number of nitrogens with one attached hydrogen (secondary N) is 1. The summed E-state index contributed by atoms with van der Waals surface area (Å²) in [5, 5.41) is 0.465. The standard InChI is InChI=1S/C16H19N3O3/c20-14(18-9-4-1-5-10-18)8-11-19-15(21)12-6-2-3-7-13(12)17-16(19)22/h2-3,6-7H,1,4-5,8-11H2,(H,17,22).